The molecule has 2 aromatic heterocycles. The lowest BCUT2D eigenvalue weighted by Gasteiger charge is -2.26. The molecule has 0 aliphatic carbocycles. The summed E-state index contributed by atoms with van der Waals surface area (Å²) in [7, 11) is 0. The van der Waals surface area contributed by atoms with Gasteiger partial charge >= 0.3 is 0 Å². The number of rotatable bonds is 4. The highest BCUT2D eigenvalue weighted by atomic mass is 16.3. The molecular weight excluding hydrogens is 574 g/mol. The molecule has 0 bridgehead atoms. The Balaban J connectivity index is 1.14. The quantitative estimate of drug-likeness (QED) is 0.188. The van der Waals surface area contributed by atoms with Crippen LogP contribution >= 0.6 is 0 Å². The van der Waals surface area contributed by atoms with Gasteiger partial charge in [-0.2, -0.15) is 0 Å². The number of anilines is 3. The van der Waals surface area contributed by atoms with Crippen LogP contribution in [0.4, 0.5) is 17.1 Å². The number of furan rings is 2. The van der Waals surface area contributed by atoms with Crippen LogP contribution in [0.3, 0.4) is 0 Å². The highest BCUT2D eigenvalue weighted by Gasteiger charge is 2.17. The molecule has 0 saturated carbocycles. The lowest BCUT2D eigenvalue weighted by molar-refractivity contribution is 0.669. The van der Waals surface area contributed by atoms with Gasteiger partial charge in [0.1, 0.15) is 22.3 Å². The van der Waals surface area contributed by atoms with Gasteiger partial charge in [0.15, 0.2) is 0 Å². The van der Waals surface area contributed by atoms with Gasteiger partial charge in [0, 0.05) is 44.7 Å². The van der Waals surface area contributed by atoms with Crippen LogP contribution in [0.15, 0.2) is 173 Å². The van der Waals surface area contributed by atoms with E-state index in [4.69, 9.17) is 8.83 Å². The molecule has 2 heterocycles. The Bertz CT molecular complexity index is 2790. The molecule has 3 nitrogen and oxygen atoms in total. The monoisotopic (exact) mass is 601 g/mol. The molecule has 0 unspecified atom stereocenters. The molecule has 0 aliphatic rings. The maximum Gasteiger partial charge on any atom is 0.137 e. The largest absolute Gasteiger partial charge is 0.456 e. The normalized spacial score (nSPS) is 11.8. The summed E-state index contributed by atoms with van der Waals surface area (Å²) in [6, 6.07) is 58.0. The van der Waals surface area contributed by atoms with Gasteiger partial charge in [0.2, 0.25) is 0 Å². The van der Waals surface area contributed by atoms with E-state index in [2.05, 4.69) is 144 Å². The van der Waals surface area contributed by atoms with Crippen molar-refractivity contribution in [3.8, 4) is 11.1 Å². The topological polar surface area (TPSA) is 29.5 Å². The Labute approximate surface area is 270 Å². The van der Waals surface area contributed by atoms with Crippen molar-refractivity contribution in [3.05, 3.63) is 164 Å². The lowest BCUT2D eigenvalue weighted by atomic mass is 9.99. The number of hydrogen-bond donors (Lipinski definition) is 0. The highest BCUT2D eigenvalue weighted by molar-refractivity contribution is 6.16. The summed E-state index contributed by atoms with van der Waals surface area (Å²) in [6.07, 6.45) is 0. The predicted molar refractivity (Wildman–Crippen MR) is 196 cm³/mol. The van der Waals surface area contributed by atoms with Crippen LogP contribution in [0.5, 0.6) is 0 Å². The molecule has 47 heavy (non-hydrogen) atoms. The summed E-state index contributed by atoms with van der Waals surface area (Å²) < 4.78 is 12.6. The first kappa shape index (κ1) is 26.0. The number of benzene rings is 8. The Morgan fingerprint density at radius 1 is 0.298 bits per heavy atom. The van der Waals surface area contributed by atoms with Gasteiger partial charge in [0.25, 0.3) is 0 Å². The van der Waals surface area contributed by atoms with E-state index >= 15 is 0 Å². The molecule has 10 rings (SSSR count). The summed E-state index contributed by atoms with van der Waals surface area (Å²) in [5, 5.41) is 9.29. The molecule has 0 N–H and O–H groups in total. The van der Waals surface area contributed by atoms with Crippen LogP contribution in [0.2, 0.25) is 0 Å². The van der Waals surface area contributed by atoms with Crippen molar-refractivity contribution in [1.82, 2.24) is 0 Å². The van der Waals surface area contributed by atoms with Crippen molar-refractivity contribution in [1.29, 1.82) is 0 Å². The van der Waals surface area contributed by atoms with E-state index in [0.29, 0.717) is 0 Å². The van der Waals surface area contributed by atoms with Gasteiger partial charge in [-0.25, -0.2) is 0 Å². The summed E-state index contributed by atoms with van der Waals surface area (Å²) in [4.78, 5) is 2.31. The molecule has 0 radical (unpaired) electrons. The number of para-hydroxylation sites is 2. The van der Waals surface area contributed by atoms with E-state index < -0.39 is 0 Å². The van der Waals surface area contributed by atoms with Crippen molar-refractivity contribution in [2.24, 2.45) is 0 Å². The zero-order valence-corrected chi connectivity index (χ0v) is 25.4. The van der Waals surface area contributed by atoms with E-state index in [-0.39, 0.29) is 0 Å². The first-order valence-corrected chi connectivity index (χ1v) is 15.9. The molecule has 3 heteroatoms. The van der Waals surface area contributed by atoms with Gasteiger partial charge in [0.05, 0.1) is 0 Å². The SMILES string of the molecule is c1ccc(-c2ccc(N(c3ccc4c(ccc5cc6c(cc54)oc4ccccc46)c3)c3ccc4c(c3)oc3ccccc34)cc2)cc1. The molecule has 0 spiro atoms. The third-order valence-electron chi connectivity index (χ3n) is 9.43. The molecule has 220 valence electrons. The molecule has 0 fully saturated rings. The maximum atomic E-state index is 6.33. The molecule has 0 atom stereocenters. The fourth-order valence-electron chi connectivity index (χ4n) is 7.15. The smallest absolute Gasteiger partial charge is 0.137 e. The van der Waals surface area contributed by atoms with Crippen molar-refractivity contribution < 1.29 is 8.83 Å². The van der Waals surface area contributed by atoms with E-state index in [1.54, 1.807) is 0 Å². The third-order valence-corrected chi connectivity index (χ3v) is 9.43. The fourth-order valence-corrected chi connectivity index (χ4v) is 7.15. The zero-order chi connectivity index (χ0) is 30.9. The lowest BCUT2D eigenvalue weighted by Crippen LogP contribution is -2.09. The molecule has 0 amide bonds. The molecule has 10 aromatic rings. The number of nitrogens with zero attached hydrogens (tertiary/aromatic N) is 1. The summed E-state index contributed by atoms with van der Waals surface area (Å²) in [5.41, 5.74) is 9.16. The molecule has 8 aromatic carbocycles. The molecule has 0 saturated heterocycles. The van der Waals surface area contributed by atoms with Crippen LogP contribution in [-0.4, -0.2) is 0 Å². The van der Waals surface area contributed by atoms with E-state index in [1.807, 2.05) is 24.3 Å². The average Bonchev–Trinajstić information content (AvgIpc) is 3.69. The maximum absolute atomic E-state index is 6.33. The first-order chi connectivity index (χ1) is 23.3. The zero-order valence-electron chi connectivity index (χ0n) is 25.4. The average molecular weight is 602 g/mol. The van der Waals surface area contributed by atoms with Gasteiger partial charge in [-0.1, -0.05) is 97.1 Å². The first-order valence-electron chi connectivity index (χ1n) is 15.9. The van der Waals surface area contributed by atoms with Crippen LogP contribution < -0.4 is 4.90 Å². The van der Waals surface area contributed by atoms with Crippen molar-refractivity contribution in [2.45, 2.75) is 0 Å². The third kappa shape index (κ3) is 4.14. The van der Waals surface area contributed by atoms with Crippen LogP contribution in [-0.2, 0) is 0 Å². The van der Waals surface area contributed by atoms with Crippen molar-refractivity contribution >= 4 is 82.5 Å². The Kier molecular flexibility index (Phi) is 5.57. The van der Waals surface area contributed by atoms with Crippen LogP contribution in [0.25, 0.3) is 76.5 Å². The number of fused-ring (bicyclic) bond motifs is 9. The van der Waals surface area contributed by atoms with E-state index in [1.165, 1.54) is 32.7 Å². The van der Waals surface area contributed by atoms with Gasteiger partial charge < -0.3 is 13.7 Å². The van der Waals surface area contributed by atoms with Gasteiger partial charge in [-0.3, -0.25) is 0 Å². The Morgan fingerprint density at radius 2 is 0.830 bits per heavy atom. The number of hydrogen-bond acceptors (Lipinski definition) is 3. The Morgan fingerprint density at radius 3 is 1.57 bits per heavy atom. The highest BCUT2D eigenvalue weighted by Crippen LogP contribution is 2.41. The minimum atomic E-state index is 0.872. The van der Waals surface area contributed by atoms with Crippen LogP contribution in [0, 0.1) is 0 Å². The summed E-state index contributed by atoms with van der Waals surface area (Å²) in [6.45, 7) is 0. The predicted octanol–water partition coefficient (Wildman–Crippen LogP) is 12.9. The van der Waals surface area contributed by atoms with Crippen molar-refractivity contribution in [2.75, 3.05) is 4.90 Å². The van der Waals surface area contributed by atoms with Crippen LogP contribution in [0.1, 0.15) is 0 Å². The standard InChI is InChI=1S/C44H27NO2/c1-2-8-28(9-3-1)29-16-18-32(19-17-29)45(34-21-23-38-36-10-4-6-12-41(36)46-43(38)26-34)33-20-22-35-30(24-33)14-15-31-25-40-37-11-5-7-13-42(37)47-44(40)27-39(31)35/h1-27H. The van der Waals surface area contributed by atoms with Crippen molar-refractivity contribution in [3.63, 3.8) is 0 Å². The minimum Gasteiger partial charge on any atom is -0.456 e. The fraction of sp³-hybridized carbons (Fsp3) is 0. The summed E-state index contributed by atoms with van der Waals surface area (Å²) in [5.74, 6) is 0. The second-order valence-electron chi connectivity index (χ2n) is 12.2. The minimum absolute atomic E-state index is 0.872. The molecule has 0 aliphatic heterocycles. The Hall–Kier alpha value is -6.32. The van der Waals surface area contributed by atoms with Gasteiger partial charge in [-0.15, -0.1) is 0 Å². The second-order valence-corrected chi connectivity index (χ2v) is 12.2. The van der Waals surface area contributed by atoms with Gasteiger partial charge in [-0.05, 0) is 93.3 Å². The molecular formula is C44H27NO2. The van der Waals surface area contributed by atoms with E-state index in [0.717, 1.165) is 60.9 Å². The van der Waals surface area contributed by atoms with E-state index in [9.17, 15) is 0 Å². The second kappa shape index (κ2) is 10.1. The summed E-state index contributed by atoms with van der Waals surface area (Å²) >= 11 is 0.